The maximum absolute atomic E-state index is 13.6. The first-order valence-electron chi connectivity index (χ1n) is 11.3. The molecule has 36 heavy (non-hydrogen) atoms. The van der Waals surface area contributed by atoms with E-state index in [9.17, 15) is 39.9 Å². The minimum absolute atomic E-state index is 0.0231. The molecular weight excluding hydrogens is 474 g/mol. The number of likely N-dealkylation sites (N-methyl/N-ethyl adjacent to an activating group) is 1. The number of hydrogen-bond acceptors (Lipinski definition) is 10. The second-order valence-electron chi connectivity index (χ2n) is 9.59. The highest BCUT2D eigenvalue weighted by atomic mass is 16.7. The van der Waals surface area contributed by atoms with Crippen LogP contribution in [0.25, 0.3) is 0 Å². The van der Waals surface area contributed by atoms with Gasteiger partial charge in [0.15, 0.2) is 11.4 Å². The van der Waals surface area contributed by atoms with Gasteiger partial charge in [0, 0.05) is 25.1 Å². The van der Waals surface area contributed by atoms with Gasteiger partial charge in [-0.15, -0.1) is 0 Å². The van der Waals surface area contributed by atoms with Crippen LogP contribution in [0.1, 0.15) is 27.9 Å². The average molecular weight is 504 g/mol. The maximum Gasteiger partial charge on any atom is 0.409 e. The van der Waals surface area contributed by atoms with E-state index in [0.29, 0.717) is 12.1 Å². The molecule has 4 rings (SSSR count). The Labute approximate surface area is 206 Å². The molecule has 0 radical (unpaired) electrons. The van der Waals surface area contributed by atoms with Crippen LogP contribution in [0.3, 0.4) is 0 Å². The second-order valence-corrected chi connectivity index (χ2v) is 9.59. The van der Waals surface area contributed by atoms with E-state index in [0.717, 1.165) is 5.56 Å². The molecule has 0 saturated heterocycles. The number of aliphatic hydroxyl groups excluding tert-OH is 2. The van der Waals surface area contributed by atoms with Crippen molar-refractivity contribution in [1.82, 2.24) is 15.3 Å². The topological polar surface area (TPSA) is 180 Å². The lowest BCUT2D eigenvalue weighted by Crippen LogP contribution is -2.64. The SMILES string of the molecule is CON(C)Cc1ccc(O)c2c1C[C@H]1C[C@H]3[C@H](N(C)C)C(O)=C(NC(=O)O)C(=O)[C@@]3(O)C(O)=C1C2=O. The number of rotatable bonds is 5. The Morgan fingerprint density at radius 3 is 2.44 bits per heavy atom. The standard InChI is InChI=1S/C24H29N3O9/c1-26(2)18-13-8-11-7-12-10(9-27(3)36-4)5-6-14(28)16(12)19(29)15(11)21(31)24(13,35)22(32)17(20(18)30)25-23(33)34/h5-6,11,13,18,25,28,30-31,35H,7-9H2,1-4H3,(H,33,34)/t11-,13-,18-,24-/m0/s1. The van der Waals surface area contributed by atoms with E-state index in [1.807, 2.05) is 5.32 Å². The third-order valence-electron chi connectivity index (χ3n) is 7.39. The molecule has 0 saturated carbocycles. The van der Waals surface area contributed by atoms with E-state index in [-0.39, 0.29) is 29.7 Å². The van der Waals surface area contributed by atoms with Crippen molar-refractivity contribution in [1.29, 1.82) is 0 Å². The maximum atomic E-state index is 13.6. The number of carboxylic acid groups (broad SMARTS) is 1. The van der Waals surface area contributed by atoms with Crippen molar-refractivity contribution in [2.45, 2.75) is 31.0 Å². The van der Waals surface area contributed by atoms with Gasteiger partial charge in [0.05, 0.1) is 18.7 Å². The molecule has 0 aromatic heterocycles. The quantitative estimate of drug-likeness (QED) is 0.314. The van der Waals surface area contributed by atoms with Crippen LogP contribution in [-0.2, 0) is 22.6 Å². The smallest absolute Gasteiger partial charge is 0.409 e. The molecule has 1 aromatic carbocycles. The summed E-state index contributed by atoms with van der Waals surface area (Å²) in [5, 5.41) is 56.8. The molecular formula is C24H29N3O9. The number of hydroxylamine groups is 2. The Kier molecular flexibility index (Phi) is 6.33. The van der Waals surface area contributed by atoms with Crippen LogP contribution in [0.4, 0.5) is 4.79 Å². The summed E-state index contributed by atoms with van der Waals surface area (Å²) >= 11 is 0. The summed E-state index contributed by atoms with van der Waals surface area (Å²) in [6.45, 7) is 0.310. The lowest BCUT2D eigenvalue weighted by atomic mass is 9.59. The normalized spacial score (nSPS) is 27.8. The van der Waals surface area contributed by atoms with Gasteiger partial charge in [-0.3, -0.25) is 19.8 Å². The fraction of sp³-hybridized carbons (Fsp3) is 0.458. The molecule has 0 spiro atoms. The molecule has 3 aliphatic rings. The average Bonchev–Trinajstić information content (AvgIpc) is 2.80. The van der Waals surface area contributed by atoms with Crippen LogP contribution in [0.15, 0.2) is 34.9 Å². The van der Waals surface area contributed by atoms with Gasteiger partial charge in [-0.05, 0) is 50.0 Å². The lowest BCUT2D eigenvalue weighted by molar-refractivity contribution is -0.147. The number of amides is 1. The number of nitrogens with zero attached hydrogens (tertiary/aromatic N) is 2. The van der Waals surface area contributed by atoms with Gasteiger partial charge in [-0.2, -0.15) is 5.06 Å². The molecule has 194 valence electrons. The van der Waals surface area contributed by atoms with Crippen LogP contribution in [-0.4, -0.2) is 93.1 Å². The molecule has 4 atom stereocenters. The van der Waals surface area contributed by atoms with Crippen molar-refractivity contribution in [2.75, 3.05) is 28.3 Å². The number of Topliss-reactive ketones (excluding diaryl/α,β-unsaturated/α-hetero) is 2. The Hall–Kier alpha value is -3.45. The number of allylic oxidation sites excluding steroid dienone is 1. The Balaban J connectivity index is 1.90. The van der Waals surface area contributed by atoms with Crippen molar-refractivity contribution < 1.29 is 44.8 Å². The zero-order valence-electron chi connectivity index (χ0n) is 20.3. The van der Waals surface area contributed by atoms with Crippen molar-refractivity contribution in [3.05, 3.63) is 51.6 Å². The molecule has 0 unspecified atom stereocenters. The summed E-state index contributed by atoms with van der Waals surface area (Å²) in [6.07, 6.45) is -1.41. The van der Waals surface area contributed by atoms with Crippen molar-refractivity contribution >= 4 is 17.7 Å². The third-order valence-corrected chi connectivity index (χ3v) is 7.39. The van der Waals surface area contributed by atoms with Crippen LogP contribution >= 0.6 is 0 Å². The zero-order valence-corrected chi connectivity index (χ0v) is 20.3. The van der Waals surface area contributed by atoms with Crippen molar-refractivity contribution in [2.24, 2.45) is 11.8 Å². The summed E-state index contributed by atoms with van der Waals surface area (Å²) in [7, 11) is 6.34. The predicted octanol–water partition coefficient (Wildman–Crippen LogP) is 0.854. The molecule has 12 heteroatoms. The Morgan fingerprint density at radius 1 is 1.19 bits per heavy atom. The van der Waals surface area contributed by atoms with Gasteiger partial charge in [0.1, 0.15) is 23.0 Å². The predicted molar refractivity (Wildman–Crippen MR) is 124 cm³/mol. The first-order valence-corrected chi connectivity index (χ1v) is 11.3. The number of fused-ring (bicyclic) bond motifs is 3. The number of phenols is 1. The van der Waals surface area contributed by atoms with Gasteiger partial charge < -0.3 is 30.4 Å². The van der Waals surface area contributed by atoms with E-state index in [2.05, 4.69) is 0 Å². The van der Waals surface area contributed by atoms with E-state index < -0.39 is 58.4 Å². The van der Waals surface area contributed by atoms with E-state index in [1.54, 1.807) is 32.3 Å². The van der Waals surface area contributed by atoms with Gasteiger partial charge in [-0.1, -0.05) is 6.07 Å². The van der Waals surface area contributed by atoms with E-state index >= 15 is 0 Å². The molecule has 3 aliphatic carbocycles. The molecule has 0 fully saturated rings. The lowest BCUT2D eigenvalue weighted by Gasteiger charge is -2.50. The third kappa shape index (κ3) is 3.64. The van der Waals surface area contributed by atoms with Gasteiger partial charge in [0.25, 0.3) is 0 Å². The Bertz CT molecular complexity index is 1220. The summed E-state index contributed by atoms with van der Waals surface area (Å²) in [5.74, 6) is -5.50. The highest BCUT2D eigenvalue weighted by Crippen LogP contribution is 2.52. The molecule has 0 heterocycles. The van der Waals surface area contributed by atoms with Crippen molar-refractivity contribution in [3.8, 4) is 5.75 Å². The number of benzene rings is 1. The highest BCUT2D eigenvalue weighted by molar-refractivity contribution is 6.15. The molecule has 12 nitrogen and oxygen atoms in total. The fourth-order valence-electron chi connectivity index (χ4n) is 5.76. The second kappa shape index (κ2) is 8.89. The summed E-state index contributed by atoms with van der Waals surface area (Å²) < 4.78 is 0. The zero-order chi connectivity index (χ0) is 26.7. The van der Waals surface area contributed by atoms with Crippen molar-refractivity contribution in [3.63, 3.8) is 0 Å². The summed E-state index contributed by atoms with van der Waals surface area (Å²) in [6, 6.07) is 1.99. The van der Waals surface area contributed by atoms with E-state index in [1.165, 1.54) is 18.1 Å². The van der Waals surface area contributed by atoms with Gasteiger partial charge >= 0.3 is 6.09 Å². The number of ketones is 2. The van der Waals surface area contributed by atoms with Crippen LogP contribution in [0.2, 0.25) is 0 Å². The molecule has 1 aromatic rings. The number of nitrogens with one attached hydrogen (secondary N) is 1. The first-order chi connectivity index (χ1) is 16.8. The molecule has 6 N–H and O–H groups in total. The fourth-order valence-corrected chi connectivity index (χ4v) is 5.76. The monoisotopic (exact) mass is 503 g/mol. The van der Waals surface area contributed by atoms with Crippen LogP contribution < -0.4 is 5.32 Å². The van der Waals surface area contributed by atoms with Gasteiger partial charge in [0.2, 0.25) is 5.78 Å². The number of hydrogen-bond donors (Lipinski definition) is 6. The molecule has 1 amide bonds. The van der Waals surface area contributed by atoms with Gasteiger partial charge in [-0.25, -0.2) is 4.79 Å². The van der Waals surface area contributed by atoms with Crippen LogP contribution in [0.5, 0.6) is 5.75 Å². The number of aliphatic hydroxyl groups is 3. The minimum Gasteiger partial charge on any atom is -0.508 e. The van der Waals surface area contributed by atoms with Crippen LogP contribution in [0, 0.1) is 11.8 Å². The number of phenolic OH excluding ortho intramolecular Hbond substituents is 1. The summed E-state index contributed by atoms with van der Waals surface area (Å²) in [5.41, 5.74) is -2.40. The minimum atomic E-state index is -2.67. The molecule has 0 bridgehead atoms. The Morgan fingerprint density at radius 2 is 1.86 bits per heavy atom. The van der Waals surface area contributed by atoms with E-state index in [4.69, 9.17) is 4.84 Å². The first kappa shape index (κ1) is 25.6. The summed E-state index contributed by atoms with van der Waals surface area (Å²) in [4.78, 5) is 44.9. The number of carbonyl (C=O) groups excluding carboxylic acids is 2. The highest BCUT2D eigenvalue weighted by Gasteiger charge is 2.62. The number of aromatic hydroxyl groups is 1. The molecule has 0 aliphatic heterocycles. The number of carbonyl (C=O) groups is 3. The largest absolute Gasteiger partial charge is 0.508 e.